The fraction of sp³-hybridized carbons (Fsp3) is 0.267. The van der Waals surface area contributed by atoms with Crippen LogP contribution in [0.5, 0.6) is 0 Å². The number of aromatic nitrogens is 4. The molecule has 2 N–H and O–H groups in total. The summed E-state index contributed by atoms with van der Waals surface area (Å²) >= 11 is 0. The first-order chi connectivity index (χ1) is 9.66. The molecule has 0 aliphatic heterocycles. The number of imidazole rings is 1. The van der Waals surface area contributed by atoms with Crippen LogP contribution < -0.4 is 5.32 Å². The van der Waals surface area contributed by atoms with Gasteiger partial charge in [-0.3, -0.25) is 0 Å². The van der Waals surface area contributed by atoms with Crippen LogP contribution >= 0.6 is 0 Å². The molecule has 102 valence electrons. The molecular formula is C15H17N5. The molecule has 0 saturated heterocycles. The van der Waals surface area contributed by atoms with Crippen LogP contribution in [0, 0.1) is 13.8 Å². The Morgan fingerprint density at radius 3 is 2.85 bits per heavy atom. The first-order valence-corrected chi connectivity index (χ1v) is 6.63. The predicted octanol–water partition coefficient (Wildman–Crippen LogP) is 3.14. The van der Waals surface area contributed by atoms with Crippen LogP contribution in [0.25, 0.3) is 11.2 Å². The molecule has 20 heavy (non-hydrogen) atoms. The number of anilines is 1. The third-order valence-electron chi connectivity index (χ3n) is 3.69. The number of H-pyrrole nitrogens is 1. The smallest absolute Gasteiger partial charge is 0.182 e. The van der Waals surface area contributed by atoms with Gasteiger partial charge < -0.3 is 10.3 Å². The zero-order valence-corrected chi connectivity index (χ0v) is 11.8. The SMILES string of the molecule is Cc1cccc(C(C)Nc2ncnc3nc[nH]c23)c1C. The standard InChI is InChI=1S/C15H17N5/c1-9-5-4-6-12(10(9)2)11(3)20-15-13-14(17-7-16-13)18-8-19-15/h4-8,11H,1-3H3,(H2,16,17,18,19,20). The number of hydrogen-bond donors (Lipinski definition) is 2. The number of nitrogens with zero attached hydrogens (tertiary/aromatic N) is 3. The van der Waals surface area contributed by atoms with Crippen LogP contribution in [0.4, 0.5) is 5.82 Å². The van der Waals surface area contributed by atoms with E-state index in [4.69, 9.17) is 0 Å². The molecule has 0 amide bonds. The second kappa shape index (κ2) is 4.92. The molecule has 2 aromatic heterocycles. The van der Waals surface area contributed by atoms with Gasteiger partial charge in [0.1, 0.15) is 11.8 Å². The summed E-state index contributed by atoms with van der Waals surface area (Å²) in [5.41, 5.74) is 5.39. The zero-order chi connectivity index (χ0) is 14.1. The van der Waals surface area contributed by atoms with E-state index in [1.807, 2.05) is 0 Å². The number of hydrogen-bond acceptors (Lipinski definition) is 4. The summed E-state index contributed by atoms with van der Waals surface area (Å²) < 4.78 is 0. The van der Waals surface area contributed by atoms with Crippen LogP contribution in [-0.4, -0.2) is 19.9 Å². The second-order valence-corrected chi connectivity index (χ2v) is 4.98. The van der Waals surface area contributed by atoms with Crippen molar-refractivity contribution in [2.24, 2.45) is 0 Å². The molecule has 5 heteroatoms. The van der Waals surface area contributed by atoms with Crippen molar-refractivity contribution in [2.45, 2.75) is 26.8 Å². The van der Waals surface area contributed by atoms with Gasteiger partial charge >= 0.3 is 0 Å². The Balaban J connectivity index is 1.94. The molecule has 0 saturated carbocycles. The van der Waals surface area contributed by atoms with Crippen molar-refractivity contribution in [3.8, 4) is 0 Å². The van der Waals surface area contributed by atoms with Crippen molar-refractivity contribution in [3.63, 3.8) is 0 Å². The van der Waals surface area contributed by atoms with E-state index in [1.165, 1.54) is 23.0 Å². The fourth-order valence-electron chi connectivity index (χ4n) is 2.40. The van der Waals surface area contributed by atoms with Gasteiger partial charge in [0.15, 0.2) is 11.5 Å². The van der Waals surface area contributed by atoms with Crippen LogP contribution in [-0.2, 0) is 0 Å². The van der Waals surface area contributed by atoms with Crippen molar-refractivity contribution in [1.82, 2.24) is 19.9 Å². The van der Waals surface area contributed by atoms with Gasteiger partial charge in [0.2, 0.25) is 0 Å². The summed E-state index contributed by atoms with van der Waals surface area (Å²) in [7, 11) is 0. The molecule has 0 radical (unpaired) electrons. The minimum absolute atomic E-state index is 0.163. The minimum atomic E-state index is 0.163. The molecule has 5 nitrogen and oxygen atoms in total. The summed E-state index contributed by atoms with van der Waals surface area (Å²) in [5, 5.41) is 3.43. The van der Waals surface area contributed by atoms with Gasteiger partial charge in [-0.2, -0.15) is 0 Å². The maximum Gasteiger partial charge on any atom is 0.182 e. The van der Waals surface area contributed by atoms with E-state index in [9.17, 15) is 0 Å². The Hall–Kier alpha value is -2.43. The molecule has 0 spiro atoms. The molecular weight excluding hydrogens is 250 g/mol. The molecule has 1 unspecified atom stereocenters. The van der Waals surface area contributed by atoms with E-state index in [0.29, 0.717) is 5.65 Å². The van der Waals surface area contributed by atoms with Gasteiger partial charge in [0, 0.05) is 0 Å². The van der Waals surface area contributed by atoms with Crippen LogP contribution in [0.3, 0.4) is 0 Å². The molecule has 3 rings (SSSR count). The maximum atomic E-state index is 4.30. The van der Waals surface area contributed by atoms with Gasteiger partial charge in [-0.05, 0) is 37.5 Å². The minimum Gasteiger partial charge on any atom is -0.362 e. The predicted molar refractivity (Wildman–Crippen MR) is 79.6 cm³/mol. The number of aryl methyl sites for hydroxylation is 1. The van der Waals surface area contributed by atoms with Crippen molar-refractivity contribution in [1.29, 1.82) is 0 Å². The summed E-state index contributed by atoms with van der Waals surface area (Å²) in [4.78, 5) is 15.6. The average molecular weight is 267 g/mol. The summed E-state index contributed by atoms with van der Waals surface area (Å²) in [6, 6.07) is 6.52. The van der Waals surface area contributed by atoms with Crippen LogP contribution in [0.2, 0.25) is 0 Å². The first kappa shape index (κ1) is 12.6. The van der Waals surface area contributed by atoms with Gasteiger partial charge in [0.25, 0.3) is 0 Å². The van der Waals surface area contributed by atoms with E-state index < -0.39 is 0 Å². The van der Waals surface area contributed by atoms with Crippen LogP contribution in [0.1, 0.15) is 29.7 Å². The van der Waals surface area contributed by atoms with Crippen molar-refractivity contribution >= 4 is 17.0 Å². The highest BCUT2D eigenvalue weighted by Crippen LogP contribution is 2.25. The Morgan fingerprint density at radius 2 is 2.00 bits per heavy atom. The highest BCUT2D eigenvalue weighted by atomic mass is 15.1. The Kier molecular flexibility index (Phi) is 3.10. The Labute approximate surface area is 117 Å². The molecule has 1 atom stereocenters. The number of nitrogens with one attached hydrogen (secondary N) is 2. The van der Waals surface area contributed by atoms with E-state index in [1.54, 1.807) is 6.33 Å². The second-order valence-electron chi connectivity index (χ2n) is 4.98. The third kappa shape index (κ3) is 2.11. The lowest BCUT2D eigenvalue weighted by Gasteiger charge is -2.18. The number of aromatic amines is 1. The normalized spacial score (nSPS) is 12.6. The molecule has 2 heterocycles. The number of fused-ring (bicyclic) bond motifs is 1. The Morgan fingerprint density at radius 1 is 1.15 bits per heavy atom. The van der Waals surface area contributed by atoms with Gasteiger partial charge in [-0.1, -0.05) is 18.2 Å². The number of benzene rings is 1. The molecule has 0 aliphatic rings. The largest absolute Gasteiger partial charge is 0.362 e. The zero-order valence-electron chi connectivity index (χ0n) is 11.8. The third-order valence-corrected chi connectivity index (χ3v) is 3.69. The molecule has 0 bridgehead atoms. The van der Waals surface area contributed by atoms with Crippen molar-refractivity contribution < 1.29 is 0 Å². The van der Waals surface area contributed by atoms with E-state index in [2.05, 4.69) is 64.2 Å². The van der Waals surface area contributed by atoms with Crippen LogP contribution in [0.15, 0.2) is 30.9 Å². The summed E-state index contributed by atoms with van der Waals surface area (Å²) in [6.45, 7) is 6.41. The highest BCUT2D eigenvalue weighted by Gasteiger charge is 2.12. The van der Waals surface area contributed by atoms with E-state index in [0.717, 1.165) is 11.3 Å². The van der Waals surface area contributed by atoms with E-state index >= 15 is 0 Å². The Bertz CT molecular complexity index is 747. The van der Waals surface area contributed by atoms with Gasteiger partial charge in [-0.25, -0.2) is 15.0 Å². The quantitative estimate of drug-likeness (QED) is 0.765. The van der Waals surface area contributed by atoms with Crippen molar-refractivity contribution in [2.75, 3.05) is 5.32 Å². The lowest BCUT2D eigenvalue weighted by atomic mass is 9.98. The summed E-state index contributed by atoms with van der Waals surface area (Å²) in [6.07, 6.45) is 3.16. The highest BCUT2D eigenvalue weighted by molar-refractivity contribution is 5.82. The topological polar surface area (TPSA) is 66.5 Å². The molecule has 3 aromatic rings. The lowest BCUT2D eigenvalue weighted by molar-refractivity contribution is 0.862. The fourth-order valence-corrected chi connectivity index (χ4v) is 2.40. The first-order valence-electron chi connectivity index (χ1n) is 6.63. The van der Waals surface area contributed by atoms with Gasteiger partial charge in [-0.15, -0.1) is 0 Å². The molecule has 0 fully saturated rings. The molecule has 0 aliphatic carbocycles. The summed E-state index contributed by atoms with van der Waals surface area (Å²) in [5.74, 6) is 0.779. The number of rotatable bonds is 3. The molecule has 1 aromatic carbocycles. The average Bonchev–Trinajstić information content (AvgIpc) is 2.91. The maximum absolute atomic E-state index is 4.30. The van der Waals surface area contributed by atoms with Gasteiger partial charge in [0.05, 0.1) is 12.4 Å². The van der Waals surface area contributed by atoms with E-state index in [-0.39, 0.29) is 6.04 Å². The van der Waals surface area contributed by atoms with Crippen molar-refractivity contribution in [3.05, 3.63) is 47.5 Å². The lowest BCUT2D eigenvalue weighted by Crippen LogP contribution is -2.10. The monoisotopic (exact) mass is 267 g/mol.